The molecule has 0 unspecified atom stereocenters. The van der Waals surface area contributed by atoms with Crippen LogP contribution >= 0.6 is 0 Å². The van der Waals surface area contributed by atoms with E-state index >= 15 is 0 Å². The van der Waals surface area contributed by atoms with E-state index in [0.717, 1.165) is 5.56 Å². The van der Waals surface area contributed by atoms with E-state index in [4.69, 9.17) is 10.8 Å². The number of aryl methyl sites for hydroxylation is 1. The molecule has 0 heterocycles. The zero-order valence-corrected chi connectivity index (χ0v) is 8.66. The summed E-state index contributed by atoms with van der Waals surface area (Å²) in [5.74, 6) is -0.780. The predicted octanol–water partition coefficient (Wildman–Crippen LogP) is 2.31. The van der Waals surface area contributed by atoms with Gasteiger partial charge in [-0.25, -0.2) is 0 Å². The monoisotopic (exact) mass is 195 g/mol. The topological polar surface area (TPSA) is 63.3 Å². The minimum atomic E-state index is -0.780. The second-order valence-corrected chi connectivity index (χ2v) is 2.64. The van der Waals surface area contributed by atoms with Crippen molar-refractivity contribution in [1.29, 1.82) is 0 Å². The van der Waals surface area contributed by atoms with Crippen LogP contribution in [0.5, 0.6) is 0 Å². The van der Waals surface area contributed by atoms with Crippen molar-refractivity contribution in [3.8, 4) is 0 Å². The average Bonchev–Trinajstić information content (AvgIpc) is 2.18. The van der Waals surface area contributed by atoms with E-state index < -0.39 is 5.97 Å². The molecule has 1 aromatic rings. The fourth-order valence-corrected chi connectivity index (χ4v) is 1.000. The van der Waals surface area contributed by atoms with Crippen molar-refractivity contribution in [3.63, 3.8) is 0 Å². The molecule has 0 fully saturated rings. The van der Waals surface area contributed by atoms with Crippen molar-refractivity contribution in [2.24, 2.45) is 0 Å². The van der Waals surface area contributed by atoms with Gasteiger partial charge in [0.05, 0.1) is 0 Å². The number of hydrogen-bond donors (Lipinski definition) is 2. The van der Waals surface area contributed by atoms with Gasteiger partial charge in [-0.2, -0.15) is 0 Å². The number of nitrogens with two attached hydrogens (primary N) is 1. The van der Waals surface area contributed by atoms with Crippen LogP contribution in [0, 0.1) is 0 Å². The Hall–Kier alpha value is -1.51. The Labute approximate surface area is 84.6 Å². The first-order valence-corrected chi connectivity index (χ1v) is 4.74. The van der Waals surface area contributed by atoms with Gasteiger partial charge >= 0.3 is 5.97 Å². The third-order valence-corrected chi connectivity index (χ3v) is 1.58. The first kappa shape index (κ1) is 12.5. The van der Waals surface area contributed by atoms with Gasteiger partial charge in [0.25, 0.3) is 0 Å². The van der Waals surface area contributed by atoms with Crippen molar-refractivity contribution in [3.05, 3.63) is 29.8 Å². The van der Waals surface area contributed by atoms with Gasteiger partial charge in [-0.05, 0) is 24.1 Å². The highest BCUT2D eigenvalue weighted by Gasteiger charge is 1.98. The molecule has 0 aliphatic rings. The van der Waals surface area contributed by atoms with Crippen LogP contribution in [0.1, 0.15) is 25.8 Å². The fourth-order valence-electron chi connectivity index (χ4n) is 1.000. The molecule has 0 amide bonds. The number of nitrogen functional groups attached to an aromatic ring is 1. The van der Waals surface area contributed by atoms with Gasteiger partial charge in [0.15, 0.2) is 0 Å². The Morgan fingerprint density at radius 2 is 2.07 bits per heavy atom. The SMILES string of the molecule is CC.Nc1cccc(CCC(=O)O)c1. The maximum absolute atomic E-state index is 10.2. The Morgan fingerprint density at radius 3 is 2.57 bits per heavy atom. The van der Waals surface area contributed by atoms with Crippen molar-refractivity contribution in [2.45, 2.75) is 26.7 Å². The Bertz CT molecular complexity index is 284. The van der Waals surface area contributed by atoms with E-state index in [1.807, 2.05) is 26.0 Å². The largest absolute Gasteiger partial charge is 0.481 e. The molecular formula is C11H17NO2. The maximum atomic E-state index is 10.2. The lowest BCUT2D eigenvalue weighted by Gasteiger charge is -1.98. The van der Waals surface area contributed by atoms with Crippen LogP contribution in [0.25, 0.3) is 0 Å². The van der Waals surface area contributed by atoms with Gasteiger partial charge in [0.2, 0.25) is 0 Å². The quantitative estimate of drug-likeness (QED) is 0.727. The first-order chi connectivity index (χ1) is 6.68. The lowest BCUT2D eigenvalue weighted by Crippen LogP contribution is -1.97. The normalized spacial score (nSPS) is 8.71. The molecule has 3 N–H and O–H groups in total. The van der Waals surface area contributed by atoms with Gasteiger partial charge < -0.3 is 10.8 Å². The summed E-state index contributed by atoms with van der Waals surface area (Å²) in [6, 6.07) is 7.28. The van der Waals surface area contributed by atoms with Crippen LogP contribution in [0.3, 0.4) is 0 Å². The van der Waals surface area contributed by atoms with Gasteiger partial charge in [0.1, 0.15) is 0 Å². The second kappa shape index (κ2) is 6.95. The third-order valence-electron chi connectivity index (χ3n) is 1.58. The summed E-state index contributed by atoms with van der Waals surface area (Å²) in [6.45, 7) is 4.00. The Kier molecular flexibility index (Phi) is 6.20. The highest BCUT2D eigenvalue weighted by molar-refractivity contribution is 5.67. The Morgan fingerprint density at radius 1 is 1.43 bits per heavy atom. The molecule has 0 saturated heterocycles. The van der Waals surface area contributed by atoms with Crippen LogP contribution in [0.4, 0.5) is 5.69 Å². The summed E-state index contributed by atoms with van der Waals surface area (Å²) in [5, 5.41) is 8.41. The van der Waals surface area contributed by atoms with Gasteiger partial charge in [-0.1, -0.05) is 26.0 Å². The molecule has 78 valence electrons. The first-order valence-electron chi connectivity index (χ1n) is 4.74. The van der Waals surface area contributed by atoms with Crippen molar-refractivity contribution >= 4 is 11.7 Å². The highest BCUT2D eigenvalue weighted by atomic mass is 16.4. The maximum Gasteiger partial charge on any atom is 0.303 e. The minimum absolute atomic E-state index is 0.156. The molecule has 1 aromatic carbocycles. The summed E-state index contributed by atoms with van der Waals surface area (Å²) >= 11 is 0. The third kappa shape index (κ3) is 5.19. The number of aliphatic carboxylic acids is 1. The van der Waals surface area contributed by atoms with Crippen LogP contribution in [-0.4, -0.2) is 11.1 Å². The summed E-state index contributed by atoms with van der Waals surface area (Å²) in [7, 11) is 0. The zero-order chi connectivity index (χ0) is 11.0. The molecule has 1 rings (SSSR count). The predicted molar refractivity (Wildman–Crippen MR) is 58.2 cm³/mol. The molecule has 0 radical (unpaired) electrons. The molecular weight excluding hydrogens is 178 g/mol. The molecule has 14 heavy (non-hydrogen) atoms. The number of carbonyl (C=O) groups is 1. The summed E-state index contributed by atoms with van der Waals surface area (Å²) in [4.78, 5) is 10.2. The molecule has 0 bridgehead atoms. The molecule has 0 aliphatic heterocycles. The van der Waals surface area contributed by atoms with Crippen molar-refractivity contribution < 1.29 is 9.90 Å². The van der Waals surface area contributed by atoms with E-state index in [-0.39, 0.29) is 6.42 Å². The lowest BCUT2D eigenvalue weighted by molar-refractivity contribution is -0.136. The molecule has 0 aliphatic carbocycles. The number of benzene rings is 1. The molecule has 0 aromatic heterocycles. The average molecular weight is 195 g/mol. The smallest absolute Gasteiger partial charge is 0.303 e. The Balaban J connectivity index is 0.000000791. The van der Waals surface area contributed by atoms with Crippen molar-refractivity contribution in [1.82, 2.24) is 0 Å². The van der Waals surface area contributed by atoms with E-state index in [1.165, 1.54) is 0 Å². The van der Waals surface area contributed by atoms with Gasteiger partial charge in [0, 0.05) is 12.1 Å². The molecule has 0 saturated carbocycles. The molecule has 0 spiro atoms. The number of carboxylic acid groups (broad SMARTS) is 1. The summed E-state index contributed by atoms with van der Waals surface area (Å²) in [5.41, 5.74) is 7.17. The van der Waals surface area contributed by atoms with Crippen molar-refractivity contribution in [2.75, 3.05) is 5.73 Å². The fraction of sp³-hybridized carbons (Fsp3) is 0.364. The van der Waals surface area contributed by atoms with Gasteiger partial charge in [-0.15, -0.1) is 0 Å². The number of rotatable bonds is 3. The van der Waals surface area contributed by atoms with Crippen LogP contribution in [0.2, 0.25) is 0 Å². The molecule has 0 atom stereocenters. The van der Waals surface area contributed by atoms with Crippen LogP contribution in [0.15, 0.2) is 24.3 Å². The van der Waals surface area contributed by atoms with E-state index in [2.05, 4.69) is 0 Å². The number of hydrogen-bond acceptors (Lipinski definition) is 2. The van der Waals surface area contributed by atoms with Crippen LogP contribution in [-0.2, 0) is 11.2 Å². The second-order valence-electron chi connectivity index (χ2n) is 2.64. The minimum Gasteiger partial charge on any atom is -0.481 e. The molecule has 3 nitrogen and oxygen atoms in total. The van der Waals surface area contributed by atoms with E-state index in [9.17, 15) is 4.79 Å². The van der Waals surface area contributed by atoms with Gasteiger partial charge in [-0.3, -0.25) is 4.79 Å². The standard InChI is InChI=1S/C9H11NO2.C2H6/c10-8-3-1-2-7(6-8)4-5-9(11)12;1-2/h1-3,6H,4-5,10H2,(H,11,12);1-2H3. The van der Waals surface area contributed by atoms with E-state index in [0.29, 0.717) is 12.1 Å². The summed E-state index contributed by atoms with van der Waals surface area (Å²) in [6.07, 6.45) is 0.698. The number of carboxylic acids is 1. The molecule has 3 heteroatoms. The lowest BCUT2D eigenvalue weighted by atomic mass is 10.1. The van der Waals surface area contributed by atoms with E-state index in [1.54, 1.807) is 12.1 Å². The van der Waals surface area contributed by atoms with Crippen LogP contribution < -0.4 is 5.73 Å². The number of anilines is 1. The zero-order valence-electron chi connectivity index (χ0n) is 8.66. The summed E-state index contributed by atoms with van der Waals surface area (Å²) < 4.78 is 0. The highest BCUT2D eigenvalue weighted by Crippen LogP contribution is 2.08.